The second kappa shape index (κ2) is 8.70. The standard InChI is InChI=1S/C14H17NO6/c1-19-12(16)6-13(17)20-8-10-3-2-4-11(5-10)9-21-14(18)7-15/h2-5H,6-9,15H2,1H3. The van der Waals surface area contributed by atoms with Gasteiger partial charge in [0.05, 0.1) is 13.7 Å². The van der Waals surface area contributed by atoms with E-state index in [0.29, 0.717) is 0 Å². The Kier molecular flexibility index (Phi) is 6.90. The molecule has 0 aromatic heterocycles. The first-order valence-corrected chi connectivity index (χ1v) is 6.21. The third kappa shape index (κ3) is 6.53. The van der Waals surface area contributed by atoms with Crippen molar-refractivity contribution < 1.29 is 28.6 Å². The number of carbonyl (C=O) groups excluding carboxylic acids is 3. The molecule has 0 atom stereocenters. The third-order valence-electron chi connectivity index (χ3n) is 2.47. The van der Waals surface area contributed by atoms with Crippen molar-refractivity contribution in [2.24, 2.45) is 5.73 Å². The summed E-state index contributed by atoms with van der Waals surface area (Å²) in [4.78, 5) is 33.2. The van der Waals surface area contributed by atoms with Gasteiger partial charge in [0, 0.05) is 0 Å². The van der Waals surface area contributed by atoms with Crippen LogP contribution >= 0.6 is 0 Å². The Labute approximate surface area is 122 Å². The molecule has 0 heterocycles. The van der Waals surface area contributed by atoms with Crippen molar-refractivity contribution in [3.8, 4) is 0 Å². The fourth-order valence-electron chi connectivity index (χ4n) is 1.44. The van der Waals surface area contributed by atoms with E-state index in [1.165, 1.54) is 7.11 Å². The van der Waals surface area contributed by atoms with Crippen LogP contribution in [0.5, 0.6) is 0 Å². The zero-order valence-corrected chi connectivity index (χ0v) is 11.7. The maximum absolute atomic E-state index is 11.3. The quantitative estimate of drug-likeness (QED) is 0.438. The fraction of sp³-hybridized carbons (Fsp3) is 0.357. The zero-order chi connectivity index (χ0) is 15.7. The van der Waals surface area contributed by atoms with E-state index in [0.717, 1.165) is 11.1 Å². The highest BCUT2D eigenvalue weighted by Crippen LogP contribution is 2.08. The summed E-state index contributed by atoms with van der Waals surface area (Å²) in [5, 5.41) is 0. The lowest BCUT2D eigenvalue weighted by Gasteiger charge is -2.07. The molecule has 1 aromatic rings. The highest BCUT2D eigenvalue weighted by atomic mass is 16.5. The zero-order valence-electron chi connectivity index (χ0n) is 11.7. The van der Waals surface area contributed by atoms with Crippen LogP contribution in [0, 0.1) is 0 Å². The van der Waals surface area contributed by atoms with Gasteiger partial charge in [0.25, 0.3) is 0 Å². The number of methoxy groups -OCH3 is 1. The molecule has 2 N–H and O–H groups in total. The van der Waals surface area contributed by atoms with E-state index in [-0.39, 0.29) is 19.8 Å². The molecule has 0 radical (unpaired) electrons. The highest BCUT2D eigenvalue weighted by Gasteiger charge is 2.11. The Bertz CT molecular complexity index is 514. The van der Waals surface area contributed by atoms with Crippen LogP contribution in [0.15, 0.2) is 24.3 Å². The predicted octanol–water partition coefficient (Wildman–Crippen LogP) is 0.295. The molecule has 7 heteroatoms. The van der Waals surface area contributed by atoms with Crippen LogP contribution in [0.1, 0.15) is 17.5 Å². The Morgan fingerprint density at radius 1 is 1.00 bits per heavy atom. The van der Waals surface area contributed by atoms with Gasteiger partial charge in [-0.05, 0) is 17.2 Å². The summed E-state index contributed by atoms with van der Waals surface area (Å²) in [5.41, 5.74) is 6.59. The second-order valence-electron chi connectivity index (χ2n) is 4.10. The van der Waals surface area contributed by atoms with Gasteiger partial charge < -0.3 is 19.9 Å². The van der Waals surface area contributed by atoms with Crippen molar-refractivity contribution in [2.45, 2.75) is 19.6 Å². The largest absolute Gasteiger partial charge is 0.469 e. The van der Waals surface area contributed by atoms with E-state index in [2.05, 4.69) is 4.74 Å². The van der Waals surface area contributed by atoms with Gasteiger partial charge in [0.15, 0.2) is 0 Å². The van der Waals surface area contributed by atoms with Crippen molar-refractivity contribution in [3.05, 3.63) is 35.4 Å². The number of ether oxygens (including phenoxy) is 3. The molecule has 0 spiro atoms. The summed E-state index contributed by atoms with van der Waals surface area (Å²) in [7, 11) is 1.20. The average Bonchev–Trinajstić information content (AvgIpc) is 2.50. The number of rotatable bonds is 7. The first-order valence-electron chi connectivity index (χ1n) is 6.21. The van der Waals surface area contributed by atoms with Crippen LogP contribution in [0.2, 0.25) is 0 Å². The van der Waals surface area contributed by atoms with Gasteiger partial charge in [-0.2, -0.15) is 0 Å². The maximum Gasteiger partial charge on any atom is 0.320 e. The van der Waals surface area contributed by atoms with Gasteiger partial charge in [0.1, 0.15) is 19.6 Å². The van der Waals surface area contributed by atoms with Crippen molar-refractivity contribution in [2.75, 3.05) is 13.7 Å². The van der Waals surface area contributed by atoms with Crippen LogP contribution < -0.4 is 5.73 Å². The van der Waals surface area contributed by atoms with Gasteiger partial charge in [0.2, 0.25) is 0 Å². The predicted molar refractivity (Wildman–Crippen MR) is 71.7 cm³/mol. The summed E-state index contributed by atoms with van der Waals surface area (Å²) in [5.74, 6) is -1.81. The molecule has 21 heavy (non-hydrogen) atoms. The molecular weight excluding hydrogens is 278 g/mol. The van der Waals surface area contributed by atoms with Crippen molar-refractivity contribution >= 4 is 17.9 Å². The monoisotopic (exact) mass is 295 g/mol. The number of esters is 3. The SMILES string of the molecule is COC(=O)CC(=O)OCc1cccc(COC(=O)CN)c1. The molecular formula is C14H17NO6. The van der Waals surface area contributed by atoms with Crippen LogP contribution in [-0.2, 0) is 41.8 Å². The van der Waals surface area contributed by atoms with Gasteiger partial charge in [-0.1, -0.05) is 18.2 Å². The van der Waals surface area contributed by atoms with E-state index < -0.39 is 24.3 Å². The molecule has 0 bridgehead atoms. The minimum Gasteiger partial charge on any atom is -0.469 e. The molecule has 0 aliphatic heterocycles. The first kappa shape index (κ1) is 16.6. The molecule has 1 rings (SSSR count). The number of nitrogens with two attached hydrogens (primary N) is 1. The Balaban J connectivity index is 2.47. The summed E-state index contributed by atoms with van der Waals surface area (Å²) in [6, 6.07) is 6.99. The number of carbonyl (C=O) groups is 3. The molecule has 0 fully saturated rings. The molecule has 7 nitrogen and oxygen atoms in total. The van der Waals surface area contributed by atoms with E-state index >= 15 is 0 Å². The van der Waals surface area contributed by atoms with Gasteiger partial charge >= 0.3 is 17.9 Å². The topological polar surface area (TPSA) is 105 Å². The van der Waals surface area contributed by atoms with E-state index in [4.69, 9.17) is 15.2 Å². The Morgan fingerprint density at radius 3 is 2.10 bits per heavy atom. The molecule has 1 aromatic carbocycles. The normalized spacial score (nSPS) is 9.81. The van der Waals surface area contributed by atoms with Crippen molar-refractivity contribution in [1.29, 1.82) is 0 Å². The molecule has 114 valence electrons. The smallest absolute Gasteiger partial charge is 0.320 e. The minimum atomic E-state index is -0.665. The van der Waals surface area contributed by atoms with Crippen LogP contribution in [0.3, 0.4) is 0 Å². The third-order valence-corrected chi connectivity index (χ3v) is 2.47. The maximum atomic E-state index is 11.3. The minimum absolute atomic E-state index is 0.0223. The molecule has 0 amide bonds. The van der Waals surface area contributed by atoms with Gasteiger partial charge in [-0.25, -0.2) is 0 Å². The van der Waals surface area contributed by atoms with Crippen molar-refractivity contribution in [3.63, 3.8) is 0 Å². The lowest BCUT2D eigenvalue weighted by molar-refractivity contribution is -0.153. The Morgan fingerprint density at radius 2 is 1.57 bits per heavy atom. The molecule has 0 unspecified atom stereocenters. The summed E-state index contributed by atoms with van der Waals surface area (Å²) < 4.78 is 14.2. The molecule has 0 saturated carbocycles. The summed E-state index contributed by atoms with van der Waals surface area (Å²) >= 11 is 0. The second-order valence-corrected chi connectivity index (χ2v) is 4.10. The van der Waals surface area contributed by atoms with Gasteiger partial charge in [-0.3, -0.25) is 14.4 Å². The molecule has 0 aliphatic rings. The lowest BCUT2D eigenvalue weighted by Crippen LogP contribution is -2.16. The highest BCUT2D eigenvalue weighted by molar-refractivity contribution is 5.91. The number of benzene rings is 1. The molecule has 0 saturated heterocycles. The summed E-state index contributed by atoms with van der Waals surface area (Å²) in [6.07, 6.45) is -0.426. The van der Waals surface area contributed by atoms with Crippen molar-refractivity contribution in [1.82, 2.24) is 0 Å². The molecule has 0 aliphatic carbocycles. The van der Waals surface area contributed by atoms with Crippen LogP contribution in [0.25, 0.3) is 0 Å². The van der Waals surface area contributed by atoms with Crippen LogP contribution in [-0.4, -0.2) is 31.6 Å². The van der Waals surface area contributed by atoms with E-state index in [1.807, 2.05) is 0 Å². The van der Waals surface area contributed by atoms with Crippen LogP contribution in [0.4, 0.5) is 0 Å². The van der Waals surface area contributed by atoms with E-state index in [9.17, 15) is 14.4 Å². The lowest BCUT2D eigenvalue weighted by atomic mass is 10.1. The fourth-order valence-corrected chi connectivity index (χ4v) is 1.44. The van der Waals surface area contributed by atoms with Gasteiger partial charge in [-0.15, -0.1) is 0 Å². The number of hydrogen-bond donors (Lipinski definition) is 1. The number of hydrogen-bond acceptors (Lipinski definition) is 7. The summed E-state index contributed by atoms with van der Waals surface area (Å²) in [6.45, 7) is -0.0562. The van der Waals surface area contributed by atoms with E-state index in [1.54, 1.807) is 24.3 Å². The Hall–Kier alpha value is -2.41. The average molecular weight is 295 g/mol. The first-order chi connectivity index (χ1) is 10.0.